The maximum absolute atomic E-state index is 11.2. The van der Waals surface area contributed by atoms with Gasteiger partial charge in [-0.1, -0.05) is 24.3 Å². The van der Waals surface area contributed by atoms with Crippen molar-refractivity contribution in [1.29, 1.82) is 0 Å². The Morgan fingerprint density at radius 1 is 1.00 bits per heavy atom. The van der Waals surface area contributed by atoms with Crippen molar-refractivity contribution in [3.63, 3.8) is 0 Å². The molecular formula is C23H31NO4. The lowest BCUT2D eigenvalue weighted by Gasteiger charge is -2.39. The van der Waals surface area contributed by atoms with E-state index >= 15 is 0 Å². The lowest BCUT2D eigenvalue weighted by atomic mass is 9.83. The molecule has 0 spiro atoms. The van der Waals surface area contributed by atoms with Crippen molar-refractivity contribution in [3.8, 4) is 11.5 Å². The summed E-state index contributed by atoms with van der Waals surface area (Å²) >= 11 is 0. The van der Waals surface area contributed by atoms with Crippen LogP contribution < -0.4 is 9.47 Å². The van der Waals surface area contributed by atoms with Crippen molar-refractivity contribution in [2.45, 2.75) is 38.5 Å². The fourth-order valence-electron chi connectivity index (χ4n) is 3.89. The van der Waals surface area contributed by atoms with E-state index < -0.39 is 5.60 Å². The third-order valence-electron chi connectivity index (χ3n) is 5.50. The maximum atomic E-state index is 11.2. The highest BCUT2D eigenvalue weighted by atomic mass is 16.5. The minimum atomic E-state index is -0.830. The van der Waals surface area contributed by atoms with Crippen LogP contribution in [0.2, 0.25) is 0 Å². The summed E-state index contributed by atoms with van der Waals surface area (Å²) in [6.45, 7) is 5.75. The number of nitrogens with zero attached hydrogens (tertiary/aromatic N) is 1. The molecule has 0 amide bonds. The Labute approximate surface area is 167 Å². The summed E-state index contributed by atoms with van der Waals surface area (Å²) in [7, 11) is 3.34. The van der Waals surface area contributed by atoms with Gasteiger partial charge in [0.25, 0.3) is 0 Å². The second kappa shape index (κ2) is 9.41. The minimum absolute atomic E-state index is 0.557. The van der Waals surface area contributed by atoms with Gasteiger partial charge in [-0.3, -0.25) is 4.90 Å². The van der Waals surface area contributed by atoms with E-state index in [2.05, 4.69) is 17.0 Å². The lowest BCUT2D eigenvalue weighted by molar-refractivity contribution is -0.0292. The van der Waals surface area contributed by atoms with Crippen molar-refractivity contribution < 1.29 is 19.3 Å². The highest BCUT2D eigenvalue weighted by Gasteiger charge is 2.36. The second-order valence-corrected chi connectivity index (χ2v) is 7.29. The average molecular weight is 386 g/mol. The van der Waals surface area contributed by atoms with Crippen molar-refractivity contribution >= 4 is 0 Å². The standard InChI is InChI=1S/C23H31NO4/c1-4-28-17-19-15-18(9-10-21(19)26-2)16-24-13-11-23(25,12-14-24)20-7-5-6-8-22(20)27-3/h5-10,15,25H,4,11-14,16-17H2,1-3H3. The molecule has 0 saturated carbocycles. The van der Waals surface area contributed by atoms with Crippen LogP contribution in [0.3, 0.4) is 0 Å². The molecule has 1 aliphatic rings. The molecule has 0 atom stereocenters. The van der Waals surface area contributed by atoms with Crippen molar-refractivity contribution in [3.05, 3.63) is 59.2 Å². The molecule has 0 aliphatic carbocycles. The highest BCUT2D eigenvalue weighted by Crippen LogP contribution is 2.38. The highest BCUT2D eigenvalue weighted by molar-refractivity contribution is 5.39. The van der Waals surface area contributed by atoms with Crippen molar-refractivity contribution in [2.75, 3.05) is 33.9 Å². The first-order valence-corrected chi connectivity index (χ1v) is 9.91. The molecule has 0 aromatic heterocycles. The zero-order valence-electron chi connectivity index (χ0n) is 17.1. The molecule has 1 heterocycles. The summed E-state index contributed by atoms with van der Waals surface area (Å²) in [5, 5.41) is 11.2. The monoisotopic (exact) mass is 385 g/mol. The topological polar surface area (TPSA) is 51.2 Å². The number of methoxy groups -OCH3 is 2. The van der Waals surface area contributed by atoms with Gasteiger partial charge in [0.2, 0.25) is 0 Å². The number of rotatable bonds is 8. The quantitative estimate of drug-likeness (QED) is 0.750. The van der Waals surface area contributed by atoms with E-state index in [4.69, 9.17) is 14.2 Å². The lowest BCUT2D eigenvalue weighted by Crippen LogP contribution is -2.42. The Balaban J connectivity index is 1.65. The average Bonchev–Trinajstić information content (AvgIpc) is 2.74. The zero-order valence-corrected chi connectivity index (χ0v) is 17.1. The van der Waals surface area contributed by atoms with Crippen molar-refractivity contribution in [2.24, 2.45) is 0 Å². The SMILES string of the molecule is CCOCc1cc(CN2CCC(O)(c3ccccc3OC)CC2)ccc1OC. The van der Waals surface area contributed by atoms with Gasteiger partial charge in [0.1, 0.15) is 11.5 Å². The van der Waals surface area contributed by atoms with Gasteiger partial charge in [0.15, 0.2) is 0 Å². The molecule has 5 nitrogen and oxygen atoms in total. The molecule has 0 bridgehead atoms. The maximum Gasteiger partial charge on any atom is 0.124 e. The van der Waals surface area contributed by atoms with Gasteiger partial charge in [-0.2, -0.15) is 0 Å². The summed E-state index contributed by atoms with van der Waals surface area (Å²) in [6, 6.07) is 14.1. The Kier molecular flexibility index (Phi) is 6.94. The first-order valence-electron chi connectivity index (χ1n) is 9.91. The van der Waals surface area contributed by atoms with E-state index in [0.29, 0.717) is 26.1 Å². The fraction of sp³-hybridized carbons (Fsp3) is 0.478. The van der Waals surface area contributed by atoms with Crippen LogP contribution in [0.15, 0.2) is 42.5 Å². The summed E-state index contributed by atoms with van der Waals surface area (Å²) in [4.78, 5) is 2.39. The molecule has 1 aliphatic heterocycles. The molecule has 2 aromatic rings. The molecular weight excluding hydrogens is 354 g/mol. The van der Waals surface area contributed by atoms with Gasteiger partial charge in [0, 0.05) is 37.4 Å². The molecule has 1 N–H and O–H groups in total. The number of piperidine rings is 1. The molecule has 0 radical (unpaired) electrons. The van der Waals surface area contributed by atoms with Crippen LogP contribution in [0.25, 0.3) is 0 Å². The number of aliphatic hydroxyl groups is 1. The molecule has 28 heavy (non-hydrogen) atoms. The first kappa shape index (κ1) is 20.6. The third kappa shape index (κ3) is 4.66. The van der Waals surface area contributed by atoms with Crippen LogP contribution in [0, 0.1) is 0 Å². The number of hydrogen-bond acceptors (Lipinski definition) is 5. The number of para-hydroxylation sites is 1. The van der Waals surface area contributed by atoms with E-state index in [9.17, 15) is 5.11 Å². The molecule has 2 aromatic carbocycles. The van der Waals surface area contributed by atoms with Crippen LogP contribution in [0.4, 0.5) is 0 Å². The van der Waals surface area contributed by atoms with Gasteiger partial charge in [0.05, 0.1) is 26.4 Å². The molecule has 1 saturated heterocycles. The van der Waals surface area contributed by atoms with E-state index in [1.165, 1.54) is 5.56 Å². The molecule has 3 rings (SSSR count). The Hall–Kier alpha value is -2.08. The van der Waals surface area contributed by atoms with Gasteiger partial charge < -0.3 is 19.3 Å². The Morgan fingerprint density at radius 2 is 1.71 bits per heavy atom. The van der Waals surface area contributed by atoms with E-state index in [1.807, 2.05) is 37.3 Å². The van der Waals surface area contributed by atoms with E-state index in [1.54, 1.807) is 14.2 Å². The second-order valence-electron chi connectivity index (χ2n) is 7.29. The number of benzene rings is 2. The number of likely N-dealkylation sites (tertiary alicyclic amines) is 1. The first-order chi connectivity index (χ1) is 13.6. The van der Waals surface area contributed by atoms with Crippen LogP contribution in [0.5, 0.6) is 11.5 Å². The van der Waals surface area contributed by atoms with E-state index in [0.717, 1.165) is 42.3 Å². The normalized spacial score (nSPS) is 16.7. The van der Waals surface area contributed by atoms with Crippen molar-refractivity contribution in [1.82, 2.24) is 4.90 Å². The molecule has 0 unspecified atom stereocenters. The summed E-state index contributed by atoms with van der Waals surface area (Å²) in [5.74, 6) is 1.62. The van der Waals surface area contributed by atoms with E-state index in [-0.39, 0.29) is 0 Å². The Bertz CT molecular complexity index is 769. The van der Waals surface area contributed by atoms with Crippen LogP contribution in [-0.2, 0) is 23.5 Å². The predicted octanol–water partition coefficient (Wildman–Crippen LogP) is 3.72. The largest absolute Gasteiger partial charge is 0.496 e. The minimum Gasteiger partial charge on any atom is -0.496 e. The van der Waals surface area contributed by atoms with Crippen LogP contribution in [-0.4, -0.2) is 43.9 Å². The Morgan fingerprint density at radius 3 is 2.39 bits per heavy atom. The van der Waals surface area contributed by atoms with Gasteiger partial charge in [-0.15, -0.1) is 0 Å². The summed E-state index contributed by atoms with van der Waals surface area (Å²) < 4.78 is 16.5. The number of ether oxygens (including phenoxy) is 3. The molecule has 152 valence electrons. The van der Waals surface area contributed by atoms with Gasteiger partial charge >= 0.3 is 0 Å². The zero-order chi connectivity index (χ0) is 20.0. The predicted molar refractivity (Wildman–Crippen MR) is 110 cm³/mol. The smallest absolute Gasteiger partial charge is 0.124 e. The summed E-state index contributed by atoms with van der Waals surface area (Å²) in [6.07, 6.45) is 1.38. The van der Waals surface area contributed by atoms with Gasteiger partial charge in [-0.05, 0) is 43.5 Å². The van der Waals surface area contributed by atoms with Gasteiger partial charge in [-0.25, -0.2) is 0 Å². The number of hydrogen-bond donors (Lipinski definition) is 1. The third-order valence-corrected chi connectivity index (χ3v) is 5.50. The molecule has 1 fully saturated rings. The molecule has 5 heteroatoms. The van der Waals surface area contributed by atoms with Crippen LogP contribution >= 0.6 is 0 Å². The fourth-order valence-corrected chi connectivity index (χ4v) is 3.89. The van der Waals surface area contributed by atoms with Crippen LogP contribution in [0.1, 0.15) is 36.5 Å². The summed E-state index contributed by atoms with van der Waals surface area (Å²) in [5.41, 5.74) is 2.37.